The van der Waals surface area contributed by atoms with E-state index in [0.29, 0.717) is 19.5 Å². The minimum absolute atomic E-state index is 0.195. The van der Waals surface area contributed by atoms with Crippen LogP contribution in [0, 0.1) is 0 Å². The molecule has 1 amide bonds. The van der Waals surface area contributed by atoms with Crippen LogP contribution in [0.25, 0.3) is 0 Å². The van der Waals surface area contributed by atoms with Gasteiger partial charge in [-0.2, -0.15) is 0 Å². The van der Waals surface area contributed by atoms with E-state index in [-0.39, 0.29) is 11.5 Å². The third-order valence-corrected chi connectivity index (χ3v) is 4.31. The summed E-state index contributed by atoms with van der Waals surface area (Å²) in [5, 5.41) is 0. The van der Waals surface area contributed by atoms with Crippen molar-refractivity contribution in [3.8, 4) is 0 Å². The first-order chi connectivity index (χ1) is 8.69. The summed E-state index contributed by atoms with van der Waals surface area (Å²) in [6.07, 6.45) is 0.419. The third kappa shape index (κ3) is 2.32. The molecule has 19 heavy (non-hydrogen) atoms. The van der Waals surface area contributed by atoms with E-state index < -0.39 is 24.0 Å². The fraction of sp³-hybridized carbons (Fsp3) is 0.769. The molecule has 0 aromatic heterocycles. The Labute approximate surface area is 114 Å². The van der Waals surface area contributed by atoms with Crippen molar-refractivity contribution in [2.75, 3.05) is 13.1 Å². The first-order valence-corrected chi connectivity index (χ1v) is 6.73. The van der Waals surface area contributed by atoms with Gasteiger partial charge in [-0.05, 0) is 41.0 Å². The molecule has 2 fully saturated rings. The van der Waals surface area contributed by atoms with Crippen molar-refractivity contribution < 1.29 is 18.5 Å². The summed E-state index contributed by atoms with van der Waals surface area (Å²) in [7, 11) is -1.07. The van der Waals surface area contributed by atoms with E-state index in [1.165, 1.54) is 0 Å². The van der Waals surface area contributed by atoms with Crippen molar-refractivity contribution in [2.24, 2.45) is 0 Å². The monoisotopic (exact) mass is 269 g/mol. The molecule has 106 valence electrons. The van der Waals surface area contributed by atoms with Crippen LogP contribution >= 0.6 is 0 Å². The van der Waals surface area contributed by atoms with Crippen molar-refractivity contribution in [3.63, 3.8) is 0 Å². The van der Waals surface area contributed by atoms with Crippen LogP contribution < -0.4 is 0 Å². The lowest BCUT2D eigenvalue weighted by molar-refractivity contribution is -0.124. The molecule has 2 aliphatic heterocycles. The molecule has 0 atom stereocenters. The topological polar surface area (TPSA) is 38.8 Å². The zero-order valence-electron chi connectivity index (χ0n) is 12.2. The van der Waals surface area contributed by atoms with Gasteiger partial charge in [-0.1, -0.05) is 0 Å². The number of likely N-dealkylation sites (tertiary alicyclic amines) is 1. The Morgan fingerprint density at radius 3 is 2.26 bits per heavy atom. The quantitative estimate of drug-likeness (QED) is 0.569. The maximum Gasteiger partial charge on any atom is 0.525 e. The van der Waals surface area contributed by atoms with Crippen LogP contribution in [0.3, 0.4) is 0 Å². The minimum atomic E-state index is -1.07. The van der Waals surface area contributed by atoms with Gasteiger partial charge in [0.25, 0.3) is 5.91 Å². The maximum absolute atomic E-state index is 14.4. The molecular weight excluding hydrogens is 248 g/mol. The fourth-order valence-corrected chi connectivity index (χ4v) is 2.26. The van der Waals surface area contributed by atoms with E-state index >= 15 is 0 Å². The average molecular weight is 269 g/mol. The Morgan fingerprint density at radius 1 is 1.32 bits per heavy atom. The molecule has 4 nitrogen and oxygen atoms in total. The highest BCUT2D eigenvalue weighted by atomic mass is 19.1. The lowest BCUT2D eigenvalue weighted by atomic mass is 9.84. The largest absolute Gasteiger partial charge is 0.525 e. The molecule has 2 heterocycles. The fourth-order valence-electron chi connectivity index (χ4n) is 2.26. The zero-order chi connectivity index (χ0) is 14.4. The summed E-state index contributed by atoms with van der Waals surface area (Å²) in [5.74, 6) is -0.241. The highest BCUT2D eigenvalue weighted by molar-refractivity contribution is 6.54. The lowest BCUT2D eigenvalue weighted by Crippen LogP contribution is -2.41. The summed E-state index contributed by atoms with van der Waals surface area (Å²) in [6.45, 7) is 10.5. The van der Waals surface area contributed by atoms with Gasteiger partial charge < -0.3 is 14.2 Å². The predicted molar refractivity (Wildman–Crippen MR) is 71.1 cm³/mol. The molecule has 2 aliphatic rings. The normalized spacial score (nSPS) is 28.2. The molecular formula is C13H21BFNO3. The average Bonchev–Trinajstić information content (AvgIpc) is 2.76. The van der Waals surface area contributed by atoms with E-state index in [9.17, 15) is 9.18 Å². The second kappa shape index (κ2) is 4.60. The van der Waals surface area contributed by atoms with Crippen molar-refractivity contribution in [1.82, 2.24) is 4.90 Å². The molecule has 0 spiro atoms. The number of amides is 1. The summed E-state index contributed by atoms with van der Waals surface area (Å²) in [6, 6.07) is 0. The first-order valence-electron chi connectivity index (χ1n) is 6.73. The Kier molecular flexibility index (Phi) is 3.52. The van der Waals surface area contributed by atoms with Crippen LogP contribution in [0.15, 0.2) is 11.3 Å². The minimum Gasteiger partial charge on any atom is -0.398 e. The first kappa shape index (κ1) is 14.5. The van der Waals surface area contributed by atoms with Crippen LogP contribution in [0.5, 0.6) is 0 Å². The van der Waals surface area contributed by atoms with Gasteiger partial charge in [0.1, 0.15) is 5.73 Å². The molecule has 0 radical (unpaired) electrons. The second-order valence-corrected chi connectivity index (χ2v) is 6.05. The third-order valence-electron chi connectivity index (χ3n) is 4.31. The smallest absolute Gasteiger partial charge is 0.398 e. The van der Waals surface area contributed by atoms with E-state index in [2.05, 4.69) is 0 Å². The van der Waals surface area contributed by atoms with E-state index in [4.69, 9.17) is 9.31 Å². The van der Waals surface area contributed by atoms with Crippen LogP contribution in [-0.4, -0.2) is 42.2 Å². The molecule has 0 unspecified atom stereocenters. The van der Waals surface area contributed by atoms with Crippen molar-refractivity contribution in [1.29, 1.82) is 0 Å². The standard InChI is InChI=1S/C13H21BFNO3/c1-6-16-8-7-9(11(16)17)10(15)14-18-12(2,3)13(4,5)19-14/h6-8H2,1-5H3. The van der Waals surface area contributed by atoms with Crippen molar-refractivity contribution in [3.05, 3.63) is 11.3 Å². The van der Waals surface area contributed by atoms with Gasteiger partial charge in [-0.15, -0.1) is 0 Å². The maximum atomic E-state index is 14.4. The number of carbonyl (C=O) groups is 1. The molecule has 0 aromatic carbocycles. The van der Waals surface area contributed by atoms with Gasteiger partial charge in [0.05, 0.1) is 11.2 Å². The van der Waals surface area contributed by atoms with Crippen molar-refractivity contribution >= 4 is 13.0 Å². The highest BCUT2D eigenvalue weighted by Gasteiger charge is 2.54. The summed E-state index contributed by atoms with van der Waals surface area (Å²) in [4.78, 5) is 13.6. The van der Waals surface area contributed by atoms with Crippen molar-refractivity contribution in [2.45, 2.75) is 52.2 Å². The number of carbonyl (C=O) groups excluding carboxylic acids is 1. The van der Waals surface area contributed by atoms with Gasteiger partial charge >= 0.3 is 7.12 Å². The zero-order valence-corrected chi connectivity index (χ0v) is 12.2. The van der Waals surface area contributed by atoms with Crippen LogP contribution in [-0.2, 0) is 14.1 Å². The molecule has 2 saturated heterocycles. The molecule has 0 saturated carbocycles. The summed E-state index contributed by atoms with van der Waals surface area (Å²) in [5.41, 5.74) is -1.57. The SMILES string of the molecule is CCN1CCC(=C(F)B2OC(C)(C)C(C)(C)O2)C1=O. The van der Waals surface area contributed by atoms with E-state index in [1.807, 2.05) is 34.6 Å². The molecule has 0 bridgehead atoms. The van der Waals surface area contributed by atoms with E-state index in [1.54, 1.807) is 4.90 Å². The number of likely N-dealkylation sites (N-methyl/N-ethyl adjacent to an activating group) is 1. The summed E-state index contributed by atoms with van der Waals surface area (Å²) >= 11 is 0. The number of hydrogen-bond acceptors (Lipinski definition) is 3. The Balaban J connectivity index is 2.23. The van der Waals surface area contributed by atoms with Gasteiger partial charge in [0.2, 0.25) is 0 Å². The number of nitrogens with zero attached hydrogens (tertiary/aromatic N) is 1. The number of hydrogen-bond donors (Lipinski definition) is 0. The molecule has 6 heteroatoms. The Hall–Kier alpha value is -0.875. The molecule has 2 rings (SSSR count). The molecule has 0 aliphatic carbocycles. The predicted octanol–water partition coefficient (Wildman–Crippen LogP) is 2.09. The lowest BCUT2D eigenvalue weighted by Gasteiger charge is -2.32. The number of halogens is 1. The van der Waals surface area contributed by atoms with E-state index in [0.717, 1.165) is 0 Å². The Bertz CT molecular complexity index is 418. The van der Waals surface area contributed by atoms with Gasteiger partial charge in [-0.25, -0.2) is 4.39 Å². The highest BCUT2D eigenvalue weighted by Crippen LogP contribution is 2.40. The molecule has 0 N–H and O–H groups in total. The van der Waals surface area contributed by atoms with Crippen LogP contribution in [0.2, 0.25) is 0 Å². The van der Waals surface area contributed by atoms with Crippen LogP contribution in [0.4, 0.5) is 4.39 Å². The van der Waals surface area contributed by atoms with Gasteiger partial charge in [0.15, 0.2) is 0 Å². The van der Waals surface area contributed by atoms with Crippen LogP contribution in [0.1, 0.15) is 41.0 Å². The summed E-state index contributed by atoms with van der Waals surface area (Å²) < 4.78 is 25.7. The van der Waals surface area contributed by atoms with Gasteiger partial charge in [0, 0.05) is 18.7 Å². The second-order valence-electron chi connectivity index (χ2n) is 6.05. The number of rotatable bonds is 2. The Morgan fingerprint density at radius 2 is 1.84 bits per heavy atom. The van der Waals surface area contributed by atoms with Gasteiger partial charge in [-0.3, -0.25) is 4.79 Å². The molecule has 0 aromatic rings.